The van der Waals surface area contributed by atoms with Crippen molar-refractivity contribution in [3.63, 3.8) is 0 Å². The van der Waals surface area contributed by atoms with Crippen molar-refractivity contribution in [2.45, 2.75) is 63.3 Å². The Morgan fingerprint density at radius 1 is 1.15 bits per heavy atom. The first-order valence-electron chi connectivity index (χ1n) is 9.85. The predicted molar refractivity (Wildman–Crippen MR) is 98.5 cm³/mol. The van der Waals surface area contributed by atoms with Gasteiger partial charge >= 0.3 is 0 Å². The number of rotatable bonds is 6. The number of amides is 1. The highest BCUT2D eigenvalue weighted by Crippen LogP contribution is 2.39. The fraction of sp³-hybridized carbons (Fsp3) is 0.571. The average molecular weight is 353 g/mol. The van der Waals surface area contributed by atoms with Gasteiger partial charge in [-0.25, -0.2) is 0 Å². The second kappa shape index (κ2) is 7.60. The van der Waals surface area contributed by atoms with Gasteiger partial charge in [0, 0.05) is 13.0 Å². The van der Waals surface area contributed by atoms with E-state index in [1.807, 2.05) is 25.2 Å². The van der Waals surface area contributed by atoms with E-state index in [2.05, 4.69) is 22.3 Å². The minimum Gasteiger partial charge on any atom is -0.339 e. The molecule has 1 aromatic heterocycles. The lowest BCUT2D eigenvalue weighted by molar-refractivity contribution is -0.133. The van der Waals surface area contributed by atoms with Crippen LogP contribution in [0.5, 0.6) is 0 Å². The summed E-state index contributed by atoms with van der Waals surface area (Å²) >= 11 is 0. The van der Waals surface area contributed by atoms with Gasteiger partial charge in [-0.2, -0.15) is 4.98 Å². The number of hydrogen-bond acceptors (Lipinski definition) is 4. The van der Waals surface area contributed by atoms with Gasteiger partial charge < -0.3 is 9.42 Å². The zero-order valence-electron chi connectivity index (χ0n) is 15.4. The van der Waals surface area contributed by atoms with Gasteiger partial charge in [-0.1, -0.05) is 54.8 Å². The van der Waals surface area contributed by atoms with Crippen molar-refractivity contribution in [2.24, 2.45) is 5.92 Å². The van der Waals surface area contributed by atoms with Gasteiger partial charge in [0.25, 0.3) is 0 Å². The molecule has 0 bridgehead atoms. The van der Waals surface area contributed by atoms with Crippen molar-refractivity contribution in [3.05, 3.63) is 47.6 Å². The highest BCUT2D eigenvalue weighted by atomic mass is 16.5. The molecule has 0 aliphatic heterocycles. The Balaban J connectivity index is 1.48. The van der Waals surface area contributed by atoms with Crippen molar-refractivity contribution < 1.29 is 9.32 Å². The van der Waals surface area contributed by atoms with Crippen LogP contribution in [0.3, 0.4) is 0 Å². The van der Waals surface area contributed by atoms with Crippen LogP contribution in [0.15, 0.2) is 34.9 Å². The van der Waals surface area contributed by atoms with Crippen LogP contribution in [-0.4, -0.2) is 28.0 Å². The second-order valence-corrected chi connectivity index (χ2v) is 7.80. The van der Waals surface area contributed by atoms with E-state index >= 15 is 0 Å². The molecule has 1 aromatic carbocycles. The third-order valence-corrected chi connectivity index (χ3v) is 5.99. The Labute approximate surface area is 154 Å². The topological polar surface area (TPSA) is 59.2 Å². The minimum atomic E-state index is -0.0679. The zero-order valence-corrected chi connectivity index (χ0v) is 15.4. The molecule has 0 radical (unpaired) electrons. The van der Waals surface area contributed by atoms with Crippen molar-refractivity contribution in [3.8, 4) is 0 Å². The third kappa shape index (κ3) is 3.53. The minimum absolute atomic E-state index is 0.0679. The van der Waals surface area contributed by atoms with E-state index in [4.69, 9.17) is 4.52 Å². The van der Waals surface area contributed by atoms with E-state index in [1.54, 1.807) is 4.90 Å². The van der Waals surface area contributed by atoms with Gasteiger partial charge in [-0.3, -0.25) is 4.79 Å². The lowest BCUT2D eigenvalue weighted by Crippen LogP contribution is -2.34. The zero-order chi connectivity index (χ0) is 17.9. The third-order valence-electron chi connectivity index (χ3n) is 5.99. The smallest absolute Gasteiger partial charge is 0.230 e. The molecule has 1 atom stereocenters. The molecule has 0 N–H and O–H groups in total. The molecule has 0 saturated heterocycles. The summed E-state index contributed by atoms with van der Waals surface area (Å²) < 4.78 is 5.40. The predicted octanol–water partition coefficient (Wildman–Crippen LogP) is 4.27. The van der Waals surface area contributed by atoms with Crippen LogP contribution in [0.25, 0.3) is 0 Å². The lowest BCUT2D eigenvalue weighted by Gasteiger charge is -2.27. The summed E-state index contributed by atoms with van der Waals surface area (Å²) in [5.74, 6) is 2.30. The molecule has 5 heteroatoms. The molecule has 2 aliphatic rings. The molecule has 2 aromatic rings. The summed E-state index contributed by atoms with van der Waals surface area (Å²) in [5, 5.41) is 4.09. The first-order valence-corrected chi connectivity index (χ1v) is 9.85. The number of benzene rings is 1. The van der Waals surface area contributed by atoms with E-state index in [-0.39, 0.29) is 11.8 Å². The molecule has 1 amide bonds. The van der Waals surface area contributed by atoms with E-state index in [9.17, 15) is 4.79 Å². The van der Waals surface area contributed by atoms with Gasteiger partial charge in [-0.15, -0.1) is 0 Å². The maximum absolute atomic E-state index is 13.3. The van der Waals surface area contributed by atoms with Gasteiger partial charge in [0.15, 0.2) is 5.82 Å². The van der Waals surface area contributed by atoms with Gasteiger partial charge in [-0.05, 0) is 37.2 Å². The van der Waals surface area contributed by atoms with Crippen LogP contribution < -0.4 is 0 Å². The van der Waals surface area contributed by atoms with Crippen LogP contribution in [0.2, 0.25) is 0 Å². The molecule has 2 fully saturated rings. The molecular formula is C21H27N3O2. The number of carbonyl (C=O) groups excluding carboxylic acids is 1. The molecule has 26 heavy (non-hydrogen) atoms. The quantitative estimate of drug-likeness (QED) is 0.778. The van der Waals surface area contributed by atoms with Gasteiger partial charge in [0.1, 0.15) is 0 Å². The number of hydrogen-bond donors (Lipinski definition) is 0. The van der Waals surface area contributed by atoms with Gasteiger partial charge in [0.2, 0.25) is 11.8 Å². The second-order valence-electron chi connectivity index (χ2n) is 7.80. The fourth-order valence-electron chi connectivity index (χ4n) is 4.25. The summed E-state index contributed by atoms with van der Waals surface area (Å²) in [5.41, 5.74) is 1.12. The molecule has 0 unspecified atom stereocenters. The standard InChI is InChI=1S/C21H27N3O2/c1-24(14-18-22-20(26-23-18)17-12-7-13-17)21(25)19(16-10-5-6-11-16)15-8-3-2-4-9-15/h2-4,8-9,16-17,19H,5-7,10-14H2,1H3/t19-/m0/s1. The normalized spacial score (nSPS) is 19.3. The summed E-state index contributed by atoms with van der Waals surface area (Å²) in [6.07, 6.45) is 8.21. The van der Waals surface area contributed by atoms with E-state index in [0.29, 0.717) is 24.2 Å². The van der Waals surface area contributed by atoms with Crippen molar-refractivity contribution >= 4 is 5.91 Å². The Morgan fingerprint density at radius 3 is 2.54 bits per heavy atom. The number of carbonyl (C=O) groups is 1. The average Bonchev–Trinajstić information content (AvgIpc) is 3.27. The van der Waals surface area contributed by atoms with E-state index in [1.165, 1.54) is 19.3 Å². The van der Waals surface area contributed by atoms with Crippen LogP contribution in [0.4, 0.5) is 0 Å². The SMILES string of the molecule is CN(Cc1noc(C2CCC2)n1)C(=O)[C@@H](c1ccccc1)C1CCCC1. The Morgan fingerprint density at radius 2 is 1.88 bits per heavy atom. The van der Waals surface area contributed by atoms with Crippen LogP contribution in [0, 0.1) is 5.92 Å². The molecule has 0 spiro atoms. The number of nitrogens with zero attached hydrogens (tertiary/aromatic N) is 3. The Hall–Kier alpha value is -2.17. The summed E-state index contributed by atoms with van der Waals surface area (Å²) in [6, 6.07) is 10.2. The Kier molecular flexibility index (Phi) is 5.05. The summed E-state index contributed by atoms with van der Waals surface area (Å²) in [7, 11) is 1.85. The molecule has 4 rings (SSSR count). The fourth-order valence-corrected chi connectivity index (χ4v) is 4.25. The van der Waals surface area contributed by atoms with Crippen LogP contribution >= 0.6 is 0 Å². The lowest BCUT2D eigenvalue weighted by atomic mass is 9.84. The highest BCUT2D eigenvalue weighted by Gasteiger charge is 2.34. The number of aromatic nitrogens is 2. The largest absolute Gasteiger partial charge is 0.339 e. The Bertz CT molecular complexity index is 733. The summed E-state index contributed by atoms with van der Waals surface area (Å²) in [4.78, 5) is 19.6. The molecular weight excluding hydrogens is 326 g/mol. The molecule has 138 valence electrons. The van der Waals surface area contributed by atoms with Crippen LogP contribution in [-0.2, 0) is 11.3 Å². The number of likely N-dealkylation sites (N-methyl/N-ethyl adjacent to an activating group) is 1. The van der Waals surface area contributed by atoms with Crippen molar-refractivity contribution in [1.29, 1.82) is 0 Å². The van der Waals surface area contributed by atoms with Crippen molar-refractivity contribution in [2.75, 3.05) is 7.05 Å². The molecule has 2 aliphatic carbocycles. The maximum atomic E-state index is 13.3. The van der Waals surface area contributed by atoms with Crippen LogP contribution in [0.1, 0.15) is 74.1 Å². The molecule has 5 nitrogen and oxygen atoms in total. The van der Waals surface area contributed by atoms with E-state index in [0.717, 1.165) is 37.1 Å². The van der Waals surface area contributed by atoms with Gasteiger partial charge in [0.05, 0.1) is 12.5 Å². The summed E-state index contributed by atoms with van der Waals surface area (Å²) in [6.45, 7) is 0.408. The monoisotopic (exact) mass is 353 g/mol. The maximum Gasteiger partial charge on any atom is 0.230 e. The molecule has 2 saturated carbocycles. The molecule has 1 heterocycles. The highest BCUT2D eigenvalue weighted by molar-refractivity contribution is 5.83. The van der Waals surface area contributed by atoms with Crippen molar-refractivity contribution in [1.82, 2.24) is 15.0 Å². The first-order chi connectivity index (χ1) is 12.7. The first kappa shape index (κ1) is 17.3. The van der Waals surface area contributed by atoms with E-state index < -0.39 is 0 Å².